The van der Waals surface area contributed by atoms with Gasteiger partial charge in [-0.05, 0) is 30.4 Å². The standard InChI is InChI=1S/C19H32N2O3/c1-5-14(4)18(20)16(22)12-24-17-9-7-6-8-15(17)19(23)21-11-10-13(2)3/h6-9,13-14,16,18,22H,5,10-12,20H2,1-4H3,(H,21,23). The Balaban J connectivity index is 2.64. The van der Waals surface area contributed by atoms with Gasteiger partial charge in [0.15, 0.2) is 0 Å². The Bertz CT molecular complexity index is 505. The van der Waals surface area contributed by atoms with E-state index >= 15 is 0 Å². The summed E-state index contributed by atoms with van der Waals surface area (Å²) >= 11 is 0. The van der Waals surface area contributed by atoms with Gasteiger partial charge < -0.3 is 20.9 Å². The van der Waals surface area contributed by atoms with Gasteiger partial charge in [0, 0.05) is 12.6 Å². The van der Waals surface area contributed by atoms with E-state index in [4.69, 9.17) is 10.5 Å². The van der Waals surface area contributed by atoms with E-state index in [1.54, 1.807) is 24.3 Å². The predicted octanol–water partition coefficient (Wildman–Crippen LogP) is 2.58. The van der Waals surface area contributed by atoms with Crippen LogP contribution in [0.15, 0.2) is 24.3 Å². The second-order valence-electron chi connectivity index (χ2n) is 6.78. The minimum absolute atomic E-state index is 0.0712. The molecule has 1 amide bonds. The molecule has 136 valence electrons. The molecule has 0 heterocycles. The molecule has 24 heavy (non-hydrogen) atoms. The molecule has 0 aromatic heterocycles. The molecule has 0 aliphatic heterocycles. The third kappa shape index (κ3) is 6.49. The molecule has 0 bridgehead atoms. The maximum absolute atomic E-state index is 12.3. The molecule has 1 aromatic carbocycles. The van der Waals surface area contributed by atoms with E-state index in [2.05, 4.69) is 19.2 Å². The van der Waals surface area contributed by atoms with Crippen molar-refractivity contribution in [2.24, 2.45) is 17.6 Å². The summed E-state index contributed by atoms with van der Waals surface area (Å²) in [6.07, 6.45) is 1.06. The number of benzene rings is 1. The first kappa shape index (κ1) is 20.5. The lowest BCUT2D eigenvalue weighted by Crippen LogP contribution is -2.43. The summed E-state index contributed by atoms with van der Waals surface area (Å²) in [5, 5.41) is 13.1. The number of aliphatic hydroxyl groups is 1. The van der Waals surface area contributed by atoms with Gasteiger partial charge in [0.05, 0.1) is 5.56 Å². The highest BCUT2D eigenvalue weighted by atomic mass is 16.5. The van der Waals surface area contributed by atoms with Crippen LogP contribution in [0.5, 0.6) is 5.75 Å². The normalized spacial score (nSPS) is 15.0. The van der Waals surface area contributed by atoms with E-state index < -0.39 is 6.10 Å². The highest BCUT2D eigenvalue weighted by Gasteiger charge is 2.21. The van der Waals surface area contributed by atoms with Gasteiger partial charge in [0.25, 0.3) is 5.91 Å². The quantitative estimate of drug-likeness (QED) is 0.613. The fourth-order valence-corrected chi connectivity index (χ4v) is 2.29. The van der Waals surface area contributed by atoms with Crippen molar-refractivity contribution in [3.05, 3.63) is 29.8 Å². The van der Waals surface area contributed by atoms with E-state index in [0.29, 0.717) is 23.8 Å². The van der Waals surface area contributed by atoms with E-state index in [0.717, 1.165) is 12.8 Å². The summed E-state index contributed by atoms with van der Waals surface area (Å²) in [7, 11) is 0. The maximum Gasteiger partial charge on any atom is 0.255 e. The van der Waals surface area contributed by atoms with Crippen molar-refractivity contribution in [3.8, 4) is 5.75 Å². The molecule has 1 aromatic rings. The van der Waals surface area contributed by atoms with Crippen LogP contribution in [0.4, 0.5) is 0 Å². The number of amides is 1. The molecule has 0 aliphatic rings. The van der Waals surface area contributed by atoms with Crippen LogP contribution in [-0.4, -0.2) is 36.3 Å². The summed E-state index contributed by atoms with van der Waals surface area (Å²) in [4.78, 5) is 12.3. The highest BCUT2D eigenvalue weighted by molar-refractivity contribution is 5.96. The van der Waals surface area contributed by atoms with Crippen LogP contribution < -0.4 is 15.8 Å². The topological polar surface area (TPSA) is 84.6 Å². The molecule has 3 atom stereocenters. The van der Waals surface area contributed by atoms with Crippen LogP contribution in [0, 0.1) is 11.8 Å². The van der Waals surface area contributed by atoms with Gasteiger partial charge in [-0.2, -0.15) is 0 Å². The van der Waals surface area contributed by atoms with Crippen LogP contribution in [0.2, 0.25) is 0 Å². The Morgan fingerprint density at radius 1 is 1.29 bits per heavy atom. The fraction of sp³-hybridized carbons (Fsp3) is 0.632. The lowest BCUT2D eigenvalue weighted by Gasteiger charge is -2.24. The van der Waals surface area contributed by atoms with E-state index in [1.807, 2.05) is 13.8 Å². The summed E-state index contributed by atoms with van der Waals surface area (Å²) < 4.78 is 5.67. The number of carbonyl (C=O) groups excluding carboxylic acids is 1. The summed E-state index contributed by atoms with van der Waals surface area (Å²) in [5.41, 5.74) is 6.50. The van der Waals surface area contributed by atoms with Crippen LogP contribution in [-0.2, 0) is 0 Å². The third-order valence-electron chi connectivity index (χ3n) is 4.29. The first-order valence-electron chi connectivity index (χ1n) is 8.80. The van der Waals surface area contributed by atoms with Gasteiger partial charge in [-0.25, -0.2) is 0 Å². The van der Waals surface area contributed by atoms with Crippen LogP contribution in [0.3, 0.4) is 0 Å². The Morgan fingerprint density at radius 2 is 1.96 bits per heavy atom. The number of aliphatic hydroxyl groups excluding tert-OH is 1. The zero-order chi connectivity index (χ0) is 18.1. The predicted molar refractivity (Wildman–Crippen MR) is 97.2 cm³/mol. The van der Waals surface area contributed by atoms with Crippen molar-refractivity contribution in [3.63, 3.8) is 0 Å². The SMILES string of the molecule is CCC(C)C(N)C(O)COc1ccccc1C(=O)NCCC(C)C. The second kappa shape index (κ2) is 10.3. The van der Waals surface area contributed by atoms with Crippen molar-refractivity contribution in [1.82, 2.24) is 5.32 Å². The lowest BCUT2D eigenvalue weighted by atomic mass is 9.96. The molecule has 0 saturated heterocycles. The molecule has 3 unspecified atom stereocenters. The van der Waals surface area contributed by atoms with Crippen LogP contribution in [0.1, 0.15) is 50.9 Å². The number of nitrogens with two attached hydrogens (primary N) is 1. The smallest absolute Gasteiger partial charge is 0.255 e. The summed E-state index contributed by atoms with van der Waals surface area (Å²) in [6.45, 7) is 8.98. The molecule has 0 aliphatic carbocycles. The van der Waals surface area contributed by atoms with Gasteiger partial charge in [-0.15, -0.1) is 0 Å². The monoisotopic (exact) mass is 336 g/mol. The molecular weight excluding hydrogens is 304 g/mol. The molecule has 1 rings (SSSR count). The Labute approximate surface area is 145 Å². The van der Waals surface area contributed by atoms with E-state index in [-0.39, 0.29) is 24.5 Å². The molecule has 5 heteroatoms. The molecule has 0 saturated carbocycles. The minimum Gasteiger partial charge on any atom is -0.490 e. The molecule has 0 radical (unpaired) electrons. The van der Waals surface area contributed by atoms with Gasteiger partial charge in [-0.1, -0.05) is 46.2 Å². The molecular formula is C19H32N2O3. The number of carbonyl (C=O) groups is 1. The van der Waals surface area contributed by atoms with Crippen LogP contribution >= 0.6 is 0 Å². The average molecular weight is 336 g/mol. The largest absolute Gasteiger partial charge is 0.490 e. The van der Waals surface area contributed by atoms with E-state index in [1.165, 1.54) is 0 Å². The number of rotatable bonds is 10. The summed E-state index contributed by atoms with van der Waals surface area (Å²) in [6, 6.07) is 6.72. The third-order valence-corrected chi connectivity index (χ3v) is 4.29. The van der Waals surface area contributed by atoms with Crippen molar-refractivity contribution in [2.45, 2.75) is 52.7 Å². The summed E-state index contributed by atoms with van der Waals surface area (Å²) in [5.74, 6) is 1.05. The molecule has 4 N–H and O–H groups in total. The first-order chi connectivity index (χ1) is 11.4. The fourth-order valence-electron chi connectivity index (χ4n) is 2.29. The van der Waals surface area contributed by atoms with Crippen molar-refractivity contribution in [1.29, 1.82) is 0 Å². The Morgan fingerprint density at radius 3 is 2.58 bits per heavy atom. The molecule has 0 fully saturated rings. The maximum atomic E-state index is 12.3. The highest BCUT2D eigenvalue weighted by Crippen LogP contribution is 2.19. The number of hydrogen-bond donors (Lipinski definition) is 3. The van der Waals surface area contributed by atoms with Gasteiger partial charge in [0.2, 0.25) is 0 Å². The second-order valence-corrected chi connectivity index (χ2v) is 6.78. The van der Waals surface area contributed by atoms with Gasteiger partial charge in [-0.3, -0.25) is 4.79 Å². The van der Waals surface area contributed by atoms with Gasteiger partial charge >= 0.3 is 0 Å². The number of hydrogen-bond acceptors (Lipinski definition) is 4. The molecule has 0 spiro atoms. The lowest BCUT2D eigenvalue weighted by molar-refractivity contribution is 0.0672. The van der Waals surface area contributed by atoms with Crippen molar-refractivity contribution >= 4 is 5.91 Å². The van der Waals surface area contributed by atoms with Crippen LogP contribution in [0.25, 0.3) is 0 Å². The van der Waals surface area contributed by atoms with Crippen molar-refractivity contribution in [2.75, 3.05) is 13.2 Å². The number of nitrogens with one attached hydrogen (secondary N) is 1. The van der Waals surface area contributed by atoms with E-state index in [9.17, 15) is 9.90 Å². The zero-order valence-electron chi connectivity index (χ0n) is 15.3. The first-order valence-corrected chi connectivity index (χ1v) is 8.80. The zero-order valence-corrected chi connectivity index (χ0v) is 15.3. The molecule has 5 nitrogen and oxygen atoms in total. The Hall–Kier alpha value is -1.59. The van der Waals surface area contributed by atoms with Crippen molar-refractivity contribution < 1.29 is 14.6 Å². The van der Waals surface area contributed by atoms with Gasteiger partial charge in [0.1, 0.15) is 18.5 Å². The number of ether oxygens (including phenoxy) is 1. The Kier molecular flexibility index (Phi) is 8.79. The number of para-hydroxylation sites is 1. The minimum atomic E-state index is -0.767. The average Bonchev–Trinajstić information content (AvgIpc) is 2.58.